The summed E-state index contributed by atoms with van der Waals surface area (Å²) in [6.45, 7) is 1.02. The molecule has 0 radical (unpaired) electrons. The van der Waals surface area contributed by atoms with Gasteiger partial charge in [0, 0.05) is 23.3 Å². The van der Waals surface area contributed by atoms with E-state index in [1.807, 2.05) is 12.1 Å². The number of rotatable bonds is 0. The van der Waals surface area contributed by atoms with Crippen LogP contribution < -0.4 is 16.0 Å². The van der Waals surface area contributed by atoms with Crippen LogP contribution in [0.2, 0.25) is 5.02 Å². The minimum absolute atomic E-state index is 0.145. The van der Waals surface area contributed by atoms with Gasteiger partial charge >= 0.3 is 0 Å². The quantitative estimate of drug-likeness (QED) is 0.770. The van der Waals surface area contributed by atoms with Gasteiger partial charge in [-0.15, -0.1) is 0 Å². The van der Waals surface area contributed by atoms with Crippen LogP contribution in [0, 0.1) is 0 Å². The predicted octanol–water partition coefficient (Wildman–Crippen LogP) is 4.07. The van der Waals surface area contributed by atoms with E-state index in [0.717, 1.165) is 41.5 Å². The van der Waals surface area contributed by atoms with Crippen molar-refractivity contribution in [3.63, 3.8) is 0 Å². The molecule has 4 heteroatoms. The van der Waals surface area contributed by atoms with Gasteiger partial charge < -0.3 is 16.0 Å². The van der Waals surface area contributed by atoms with Gasteiger partial charge in [-0.3, -0.25) is 0 Å². The highest BCUT2D eigenvalue weighted by atomic mass is 35.5. The molecule has 1 fully saturated rings. The molecule has 0 saturated carbocycles. The molecule has 0 unspecified atom stereocenters. The van der Waals surface area contributed by atoms with Gasteiger partial charge in [0.25, 0.3) is 0 Å². The van der Waals surface area contributed by atoms with E-state index in [1.165, 1.54) is 5.56 Å². The molecule has 2 atom stereocenters. The maximum absolute atomic E-state index is 6.47. The monoisotopic (exact) mass is 299 g/mol. The Balaban J connectivity index is 1.94. The van der Waals surface area contributed by atoms with Gasteiger partial charge in [0.2, 0.25) is 0 Å². The first-order chi connectivity index (χ1) is 10.2. The van der Waals surface area contributed by atoms with Gasteiger partial charge in [-0.25, -0.2) is 0 Å². The lowest BCUT2D eigenvalue weighted by molar-refractivity contribution is 0.411. The normalized spacial score (nSPS) is 23.4. The van der Waals surface area contributed by atoms with Gasteiger partial charge in [-0.1, -0.05) is 29.8 Å². The van der Waals surface area contributed by atoms with Crippen LogP contribution in [0.15, 0.2) is 42.5 Å². The van der Waals surface area contributed by atoms with E-state index in [0.29, 0.717) is 0 Å². The molecule has 21 heavy (non-hydrogen) atoms. The molecule has 0 spiro atoms. The lowest BCUT2D eigenvalue weighted by Crippen LogP contribution is -2.45. The molecular weight excluding hydrogens is 282 g/mol. The predicted molar refractivity (Wildman–Crippen MR) is 88.5 cm³/mol. The number of anilines is 3. The first-order valence-electron chi connectivity index (χ1n) is 7.42. The van der Waals surface area contributed by atoms with E-state index >= 15 is 0 Å². The van der Waals surface area contributed by atoms with Gasteiger partial charge in [0.15, 0.2) is 0 Å². The first-order valence-corrected chi connectivity index (χ1v) is 7.79. The van der Waals surface area contributed by atoms with Crippen molar-refractivity contribution in [3.05, 3.63) is 53.1 Å². The number of hydrogen-bond donors (Lipinski definition) is 2. The van der Waals surface area contributed by atoms with E-state index in [9.17, 15) is 0 Å². The molecule has 0 bridgehead atoms. The highest BCUT2D eigenvalue weighted by Gasteiger charge is 2.35. The summed E-state index contributed by atoms with van der Waals surface area (Å²) in [5.41, 5.74) is 11.1. The molecule has 1 saturated heterocycles. The van der Waals surface area contributed by atoms with Gasteiger partial charge in [0.1, 0.15) is 0 Å². The lowest BCUT2D eigenvalue weighted by atomic mass is 9.90. The molecule has 2 heterocycles. The van der Waals surface area contributed by atoms with Crippen LogP contribution in [0.1, 0.15) is 24.4 Å². The average Bonchev–Trinajstić information content (AvgIpc) is 2.63. The fraction of sp³-hybridized carbons (Fsp3) is 0.294. The standard InChI is InChI=1S/C17H18ClN3/c18-11-7-8-15-16(10-11)21-9-3-5-13(19)17(21)12-4-1-2-6-14(12)20-15/h1-2,4,6-8,10,13,17,20H,3,5,9,19H2/t13-,17+/m1/s1. The summed E-state index contributed by atoms with van der Waals surface area (Å²) in [6, 6.07) is 14.8. The van der Waals surface area contributed by atoms with Crippen molar-refractivity contribution in [1.82, 2.24) is 0 Å². The number of fused-ring (bicyclic) bond motifs is 5. The van der Waals surface area contributed by atoms with E-state index in [4.69, 9.17) is 17.3 Å². The van der Waals surface area contributed by atoms with Crippen molar-refractivity contribution >= 4 is 28.7 Å². The second-order valence-corrected chi connectivity index (χ2v) is 6.25. The van der Waals surface area contributed by atoms with Crippen molar-refractivity contribution in [2.45, 2.75) is 24.9 Å². The van der Waals surface area contributed by atoms with Crippen LogP contribution in [0.3, 0.4) is 0 Å². The molecular formula is C17H18ClN3. The molecule has 0 aliphatic carbocycles. The molecule has 2 aliphatic rings. The summed E-state index contributed by atoms with van der Waals surface area (Å²) in [5.74, 6) is 0. The number of nitrogens with zero attached hydrogens (tertiary/aromatic N) is 1. The summed E-state index contributed by atoms with van der Waals surface area (Å²) in [5, 5.41) is 4.31. The van der Waals surface area contributed by atoms with Gasteiger partial charge in [-0.2, -0.15) is 0 Å². The Morgan fingerprint density at radius 2 is 2.00 bits per heavy atom. The Morgan fingerprint density at radius 3 is 2.90 bits per heavy atom. The van der Waals surface area contributed by atoms with Crippen LogP contribution in [0.4, 0.5) is 17.1 Å². The van der Waals surface area contributed by atoms with Crippen molar-refractivity contribution in [1.29, 1.82) is 0 Å². The number of para-hydroxylation sites is 1. The second kappa shape index (κ2) is 4.93. The maximum Gasteiger partial charge on any atom is 0.0714 e. The third kappa shape index (κ3) is 2.08. The zero-order valence-corrected chi connectivity index (χ0v) is 12.5. The largest absolute Gasteiger partial charge is 0.361 e. The highest BCUT2D eigenvalue weighted by molar-refractivity contribution is 6.31. The van der Waals surface area contributed by atoms with E-state index in [-0.39, 0.29) is 12.1 Å². The fourth-order valence-corrected chi connectivity index (χ4v) is 3.72. The molecule has 108 valence electrons. The summed E-state index contributed by atoms with van der Waals surface area (Å²) in [6.07, 6.45) is 2.18. The smallest absolute Gasteiger partial charge is 0.0714 e. The number of nitrogens with two attached hydrogens (primary N) is 1. The third-order valence-electron chi connectivity index (χ3n) is 4.50. The molecule has 3 nitrogen and oxygen atoms in total. The Morgan fingerprint density at radius 1 is 1.14 bits per heavy atom. The lowest BCUT2D eigenvalue weighted by Gasteiger charge is -2.41. The molecule has 2 aromatic rings. The maximum atomic E-state index is 6.47. The SMILES string of the molecule is N[C@@H]1CCCN2c3cc(Cl)ccc3Nc3ccccc3[C@@H]12. The Kier molecular flexibility index (Phi) is 3.05. The van der Waals surface area contributed by atoms with Crippen LogP contribution in [-0.4, -0.2) is 12.6 Å². The number of nitrogens with one attached hydrogen (secondary N) is 1. The number of benzene rings is 2. The minimum Gasteiger partial charge on any atom is -0.361 e. The molecule has 3 N–H and O–H groups in total. The molecule has 0 amide bonds. The number of piperidine rings is 1. The van der Waals surface area contributed by atoms with Crippen molar-refractivity contribution < 1.29 is 0 Å². The molecule has 0 aromatic heterocycles. The van der Waals surface area contributed by atoms with Gasteiger partial charge in [0.05, 0.1) is 17.4 Å². The van der Waals surface area contributed by atoms with Crippen LogP contribution in [0.5, 0.6) is 0 Å². The van der Waals surface area contributed by atoms with Gasteiger partial charge in [-0.05, 0) is 42.7 Å². The third-order valence-corrected chi connectivity index (χ3v) is 4.73. The number of hydrogen-bond acceptors (Lipinski definition) is 3. The van der Waals surface area contributed by atoms with Crippen molar-refractivity contribution in [2.24, 2.45) is 5.73 Å². The molecule has 2 aliphatic heterocycles. The average molecular weight is 300 g/mol. The Labute approximate surface area is 129 Å². The Bertz CT molecular complexity index is 685. The Hall–Kier alpha value is -1.71. The zero-order chi connectivity index (χ0) is 14.4. The van der Waals surface area contributed by atoms with Crippen LogP contribution >= 0.6 is 11.6 Å². The summed E-state index contributed by atoms with van der Waals surface area (Å²) in [7, 11) is 0. The minimum atomic E-state index is 0.145. The zero-order valence-electron chi connectivity index (χ0n) is 11.7. The van der Waals surface area contributed by atoms with E-state index < -0.39 is 0 Å². The van der Waals surface area contributed by atoms with Crippen LogP contribution in [0.25, 0.3) is 0 Å². The second-order valence-electron chi connectivity index (χ2n) is 5.82. The summed E-state index contributed by atoms with van der Waals surface area (Å²) >= 11 is 6.22. The molecule has 4 rings (SSSR count). The van der Waals surface area contributed by atoms with Crippen molar-refractivity contribution in [3.8, 4) is 0 Å². The van der Waals surface area contributed by atoms with Crippen molar-refractivity contribution in [2.75, 3.05) is 16.8 Å². The fourth-order valence-electron chi connectivity index (χ4n) is 3.56. The summed E-state index contributed by atoms with van der Waals surface area (Å²) < 4.78 is 0. The molecule has 2 aromatic carbocycles. The van der Waals surface area contributed by atoms with E-state index in [2.05, 4.69) is 40.5 Å². The first kappa shape index (κ1) is 13.0. The highest BCUT2D eigenvalue weighted by Crippen LogP contribution is 2.45. The topological polar surface area (TPSA) is 41.3 Å². The van der Waals surface area contributed by atoms with Crippen LogP contribution in [-0.2, 0) is 0 Å². The number of halogens is 1. The summed E-state index contributed by atoms with van der Waals surface area (Å²) in [4.78, 5) is 2.41. The van der Waals surface area contributed by atoms with E-state index in [1.54, 1.807) is 0 Å².